The Morgan fingerprint density at radius 2 is 1.83 bits per heavy atom. The molecule has 2 aliphatic rings. The summed E-state index contributed by atoms with van der Waals surface area (Å²) in [5.74, 6) is 1.10. The van der Waals surface area contributed by atoms with Crippen LogP contribution in [0.5, 0.6) is 0 Å². The van der Waals surface area contributed by atoms with Gasteiger partial charge in [0, 0.05) is 42.9 Å². The molecule has 2 aliphatic heterocycles. The van der Waals surface area contributed by atoms with Gasteiger partial charge in [0.25, 0.3) is 0 Å². The van der Waals surface area contributed by atoms with Crippen LogP contribution in [0.15, 0.2) is 48.7 Å². The van der Waals surface area contributed by atoms with Gasteiger partial charge >= 0.3 is 0 Å². The zero-order valence-corrected chi connectivity index (χ0v) is 18.5. The van der Waals surface area contributed by atoms with Crippen LogP contribution in [0.2, 0.25) is 5.02 Å². The first-order valence-corrected chi connectivity index (χ1v) is 11.1. The Hall–Kier alpha value is -1.62. The van der Waals surface area contributed by atoms with Crippen LogP contribution in [0.4, 0.5) is 5.82 Å². The number of morpholine rings is 1. The molecule has 4 nitrogen and oxygen atoms in total. The molecule has 29 heavy (non-hydrogen) atoms. The number of hydrogen-bond acceptors (Lipinski definition) is 4. The van der Waals surface area contributed by atoms with E-state index in [0.29, 0.717) is 12.1 Å². The first-order valence-electron chi connectivity index (χ1n) is 10.8. The SMILES string of the molecule is C[C@H]1CN(C2CCN(c3ccccn3)CC2)[C@@H](Cc2ccc(Cl)cc2)C(C)(C)O1. The van der Waals surface area contributed by atoms with Gasteiger partial charge in [0.05, 0.1) is 11.7 Å². The molecule has 2 fully saturated rings. The quantitative estimate of drug-likeness (QED) is 0.718. The number of benzene rings is 1. The van der Waals surface area contributed by atoms with E-state index in [1.54, 1.807) is 0 Å². The van der Waals surface area contributed by atoms with Gasteiger partial charge in [-0.3, -0.25) is 4.90 Å². The molecule has 1 aromatic carbocycles. The predicted molar refractivity (Wildman–Crippen MR) is 120 cm³/mol. The maximum atomic E-state index is 6.41. The van der Waals surface area contributed by atoms with Crippen LogP contribution in [-0.4, -0.2) is 53.3 Å². The van der Waals surface area contributed by atoms with Crippen molar-refractivity contribution < 1.29 is 4.74 Å². The molecule has 3 heterocycles. The third-order valence-corrected chi connectivity index (χ3v) is 6.68. The van der Waals surface area contributed by atoms with E-state index >= 15 is 0 Å². The lowest BCUT2D eigenvalue weighted by atomic mass is 9.86. The fourth-order valence-corrected chi connectivity index (χ4v) is 5.16. The number of pyridine rings is 1. The first-order chi connectivity index (χ1) is 13.9. The highest BCUT2D eigenvalue weighted by Gasteiger charge is 2.44. The number of rotatable bonds is 4. The highest BCUT2D eigenvalue weighted by atomic mass is 35.5. The van der Waals surface area contributed by atoms with Crippen LogP contribution in [-0.2, 0) is 11.2 Å². The summed E-state index contributed by atoms with van der Waals surface area (Å²) in [5.41, 5.74) is 1.14. The highest BCUT2D eigenvalue weighted by molar-refractivity contribution is 6.30. The van der Waals surface area contributed by atoms with Crippen molar-refractivity contribution in [2.75, 3.05) is 24.5 Å². The molecule has 4 rings (SSSR count). The molecular weight excluding hydrogens is 382 g/mol. The Morgan fingerprint density at radius 1 is 1.10 bits per heavy atom. The van der Waals surface area contributed by atoms with Gasteiger partial charge < -0.3 is 9.64 Å². The molecule has 5 heteroatoms. The molecule has 0 N–H and O–H groups in total. The van der Waals surface area contributed by atoms with Crippen molar-refractivity contribution in [3.8, 4) is 0 Å². The molecule has 1 aromatic heterocycles. The Morgan fingerprint density at radius 3 is 2.48 bits per heavy atom. The minimum Gasteiger partial charge on any atom is -0.370 e. The van der Waals surface area contributed by atoms with E-state index in [2.05, 4.69) is 59.8 Å². The zero-order valence-electron chi connectivity index (χ0n) is 17.7. The fourth-order valence-electron chi connectivity index (χ4n) is 5.04. The van der Waals surface area contributed by atoms with Gasteiger partial charge in [-0.15, -0.1) is 0 Å². The minimum absolute atomic E-state index is 0.185. The van der Waals surface area contributed by atoms with Crippen molar-refractivity contribution in [2.24, 2.45) is 0 Å². The minimum atomic E-state index is -0.185. The van der Waals surface area contributed by atoms with Gasteiger partial charge in [-0.05, 0) is 69.9 Å². The van der Waals surface area contributed by atoms with Gasteiger partial charge in [0.2, 0.25) is 0 Å². The molecule has 0 amide bonds. The van der Waals surface area contributed by atoms with E-state index in [4.69, 9.17) is 16.3 Å². The van der Waals surface area contributed by atoms with Crippen molar-refractivity contribution in [1.82, 2.24) is 9.88 Å². The zero-order chi connectivity index (χ0) is 20.4. The monoisotopic (exact) mass is 413 g/mol. The topological polar surface area (TPSA) is 28.6 Å². The van der Waals surface area contributed by atoms with E-state index in [1.165, 1.54) is 5.56 Å². The van der Waals surface area contributed by atoms with Crippen LogP contribution in [0.25, 0.3) is 0 Å². The van der Waals surface area contributed by atoms with Crippen LogP contribution < -0.4 is 4.90 Å². The lowest BCUT2D eigenvalue weighted by Gasteiger charge is -2.53. The normalized spacial score (nSPS) is 25.9. The Bertz CT molecular complexity index is 788. The molecule has 2 aromatic rings. The van der Waals surface area contributed by atoms with Gasteiger partial charge in [-0.2, -0.15) is 0 Å². The molecule has 0 radical (unpaired) electrons. The summed E-state index contributed by atoms with van der Waals surface area (Å²) < 4.78 is 6.41. The summed E-state index contributed by atoms with van der Waals surface area (Å²) in [4.78, 5) is 9.69. The Balaban J connectivity index is 1.49. The van der Waals surface area contributed by atoms with Gasteiger partial charge in [0.1, 0.15) is 5.82 Å². The second-order valence-corrected chi connectivity index (χ2v) is 9.42. The molecule has 156 valence electrons. The maximum absolute atomic E-state index is 6.41. The number of piperidine rings is 1. The molecule has 0 spiro atoms. The third kappa shape index (κ3) is 4.76. The number of ether oxygens (including phenoxy) is 1. The van der Waals surface area contributed by atoms with Crippen molar-refractivity contribution in [1.29, 1.82) is 0 Å². The molecule has 2 atom stereocenters. The number of hydrogen-bond donors (Lipinski definition) is 0. The van der Waals surface area contributed by atoms with Crippen molar-refractivity contribution in [3.63, 3.8) is 0 Å². The van der Waals surface area contributed by atoms with Gasteiger partial charge in [0.15, 0.2) is 0 Å². The molecule has 0 saturated carbocycles. The molecule has 0 bridgehead atoms. The standard InChI is InChI=1S/C24H32ClN3O/c1-18-17-28(21-11-14-27(15-12-21)23-6-4-5-13-26-23)22(24(2,3)29-18)16-19-7-9-20(25)10-8-19/h4-10,13,18,21-22H,11-12,14-17H2,1-3H3/t18-,22-/m0/s1. The van der Waals surface area contributed by atoms with E-state index in [0.717, 1.165) is 49.7 Å². The van der Waals surface area contributed by atoms with Gasteiger partial charge in [-0.1, -0.05) is 29.8 Å². The lowest BCUT2D eigenvalue weighted by molar-refractivity contribution is -0.175. The Labute approximate surface area is 179 Å². The average Bonchev–Trinajstić information content (AvgIpc) is 2.71. The van der Waals surface area contributed by atoms with E-state index in [-0.39, 0.29) is 11.7 Å². The second-order valence-electron chi connectivity index (χ2n) is 8.98. The average molecular weight is 414 g/mol. The summed E-state index contributed by atoms with van der Waals surface area (Å²) >= 11 is 6.10. The summed E-state index contributed by atoms with van der Waals surface area (Å²) in [5, 5.41) is 0.792. The number of aromatic nitrogens is 1. The molecule has 2 saturated heterocycles. The van der Waals surface area contributed by atoms with Crippen LogP contribution in [0, 0.1) is 0 Å². The number of nitrogens with zero attached hydrogens (tertiary/aromatic N) is 3. The first kappa shape index (κ1) is 20.6. The maximum Gasteiger partial charge on any atom is 0.128 e. The highest BCUT2D eigenvalue weighted by Crippen LogP contribution is 2.34. The van der Waals surface area contributed by atoms with E-state index in [1.807, 2.05) is 24.4 Å². The summed E-state index contributed by atoms with van der Waals surface area (Å²) in [6.07, 6.45) is 5.44. The third-order valence-electron chi connectivity index (χ3n) is 6.42. The smallest absolute Gasteiger partial charge is 0.128 e. The number of halogens is 1. The van der Waals surface area contributed by atoms with Crippen molar-refractivity contribution >= 4 is 17.4 Å². The largest absolute Gasteiger partial charge is 0.370 e. The van der Waals surface area contributed by atoms with Crippen molar-refractivity contribution in [3.05, 3.63) is 59.2 Å². The van der Waals surface area contributed by atoms with Crippen molar-refractivity contribution in [2.45, 2.75) is 63.8 Å². The molecular formula is C24H32ClN3O. The predicted octanol–water partition coefficient (Wildman–Crippen LogP) is 4.81. The van der Waals surface area contributed by atoms with E-state index < -0.39 is 0 Å². The summed E-state index contributed by atoms with van der Waals surface area (Å²) in [6.45, 7) is 9.81. The van der Waals surface area contributed by atoms with E-state index in [9.17, 15) is 0 Å². The number of anilines is 1. The lowest BCUT2D eigenvalue weighted by Crippen LogP contribution is -2.64. The Kier molecular flexibility index (Phi) is 6.14. The van der Waals surface area contributed by atoms with Crippen LogP contribution in [0.1, 0.15) is 39.2 Å². The fraction of sp³-hybridized carbons (Fsp3) is 0.542. The van der Waals surface area contributed by atoms with Gasteiger partial charge in [-0.25, -0.2) is 4.98 Å². The molecule has 0 unspecified atom stereocenters. The second kappa shape index (κ2) is 8.63. The van der Waals surface area contributed by atoms with Crippen LogP contribution >= 0.6 is 11.6 Å². The summed E-state index contributed by atoms with van der Waals surface area (Å²) in [7, 11) is 0. The summed E-state index contributed by atoms with van der Waals surface area (Å²) in [6, 6.07) is 15.4. The molecule has 0 aliphatic carbocycles. The van der Waals surface area contributed by atoms with Crippen LogP contribution in [0.3, 0.4) is 0 Å².